The minimum Gasteiger partial charge on any atom is -0.392 e. The Kier molecular flexibility index (Phi) is 41.0. The molecule has 114 heavy (non-hydrogen) atoms. The number of alkyl halides is 10. The molecule has 0 fully saturated rings. The predicted octanol–water partition coefficient (Wildman–Crippen LogP) is 21.5. The van der Waals surface area contributed by atoms with E-state index in [2.05, 4.69) is 60.2 Å². The van der Waals surface area contributed by atoms with Crippen LogP contribution >= 0.6 is 0 Å². The van der Waals surface area contributed by atoms with Crippen LogP contribution in [0.2, 0.25) is 0 Å². The van der Waals surface area contributed by atoms with Gasteiger partial charge in [-0.15, -0.1) is 95.6 Å². The third-order valence-corrected chi connectivity index (χ3v) is 17.6. The van der Waals surface area contributed by atoms with Crippen molar-refractivity contribution in [2.75, 3.05) is 0 Å². The zero-order valence-corrected chi connectivity index (χ0v) is 74.8. The predicted molar refractivity (Wildman–Crippen MR) is 412 cm³/mol. The van der Waals surface area contributed by atoms with Crippen molar-refractivity contribution in [1.82, 2.24) is 29.9 Å². The molecule has 0 amide bonds. The molecule has 0 saturated carbocycles. The molecule has 0 aliphatic carbocycles. The molecule has 12 nitrogen and oxygen atoms in total. The maximum atomic E-state index is 13.2. The molecule has 27 heteroatoms. The molecular formula is C87H105F12Ir3N6O6-3. The standard InChI is InChI=1S/C19H14F3N2.C19H15F2N2.C17H13N2.2C11H24O2.C10H15F7O2.3Ir/c1-12-3-5-15(6-4-12)18-17(23-11-13(2)24-18)14-7-9-16(10-8-14)19(20,21)22;1-12(2)17-11-22-18(13-3-7-15(20)8-4-13)19(23-17)14-5-9-16(21)10-6-14;1-13-12-18-16(14-8-4-2-5-9-14)17(19-13)15-10-6-3-7-11-15;2*1-10(2,3)8(12)7-9(13)11(4,5)6;1-7(2,3)5(18)4-6(19)8(11,12)9(13,14)10(15,16)17;;;/h3-7,9-11H,1-2H3;3,5-12H,1-2H3;2-8,10-12H,1H3;2*8-9,12-13H,7H2,1-6H3;5-6,18-19H,4H2,1-3H3;;;/q3*-1;;;;;;. The Labute approximate surface area is 704 Å². The Morgan fingerprint density at radius 2 is 0.702 bits per heavy atom. The second kappa shape index (κ2) is 44.3. The van der Waals surface area contributed by atoms with Crippen molar-refractivity contribution in [3.63, 3.8) is 0 Å². The maximum absolute atomic E-state index is 13.2. The summed E-state index contributed by atoms with van der Waals surface area (Å²) >= 11 is 0. The topological polar surface area (TPSA) is 199 Å². The van der Waals surface area contributed by atoms with Crippen LogP contribution in [0.15, 0.2) is 158 Å². The largest absolute Gasteiger partial charge is 0.459 e. The smallest absolute Gasteiger partial charge is 0.392 e. The third-order valence-electron chi connectivity index (χ3n) is 17.6. The Bertz CT molecular complexity index is 4230. The number of aliphatic hydroxyl groups excluding tert-OH is 6. The number of nitrogens with zero attached hydrogens (tertiary/aromatic N) is 6. The Hall–Kier alpha value is -6.57. The van der Waals surface area contributed by atoms with Gasteiger partial charge in [0.05, 0.1) is 64.7 Å². The summed E-state index contributed by atoms with van der Waals surface area (Å²) in [6, 6.07) is 48.2. The summed E-state index contributed by atoms with van der Waals surface area (Å²) in [6.45, 7) is 37.6. The van der Waals surface area contributed by atoms with E-state index in [0.717, 1.165) is 68.4 Å². The molecule has 6 N–H and O–H groups in total. The van der Waals surface area contributed by atoms with Crippen molar-refractivity contribution in [3.05, 3.63) is 216 Å². The minimum absolute atomic E-state index is 0. The van der Waals surface area contributed by atoms with Gasteiger partial charge in [0.15, 0.2) is 0 Å². The normalized spacial score (nSPS) is 13.6. The average molecular weight is 2140 g/mol. The summed E-state index contributed by atoms with van der Waals surface area (Å²) < 4.78 is 151. The van der Waals surface area contributed by atoms with E-state index in [1.54, 1.807) is 36.8 Å². The fourth-order valence-corrected chi connectivity index (χ4v) is 9.54. The van der Waals surface area contributed by atoms with E-state index in [-0.39, 0.29) is 99.5 Å². The summed E-state index contributed by atoms with van der Waals surface area (Å²) in [6.07, 6.45) is -12.9. The van der Waals surface area contributed by atoms with Crippen LogP contribution in [-0.4, -0.2) is 115 Å². The SMILES string of the molecule is CC(C)(C)C(O)CC(O)C(C)(C)C.CC(C)(C)C(O)CC(O)C(C)(C)C.CC(C)(C)C(O)CC(O)C(F)(F)C(F)(F)C(F)(F)F.CC(C)c1cnc(-c2[c-]cc(F)cc2)c(-c2ccc(F)cc2)n1.Cc1ccc(-c2nc(C)cnc2-c2[c-]cc(C(F)(F)F)cc2)cc1.Cc1cnc(-c2[c-]cccc2)c(-c2ccccc2)n1.[Ir].[Ir].[Ir]. The molecule has 3 heterocycles. The van der Waals surface area contributed by atoms with E-state index in [9.17, 15) is 78.2 Å². The summed E-state index contributed by atoms with van der Waals surface area (Å²) in [5.41, 5.74) is 10.2. The van der Waals surface area contributed by atoms with Crippen molar-refractivity contribution in [3.8, 4) is 67.5 Å². The second-order valence-electron chi connectivity index (χ2n) is 32.8. The van der Waals surface area contributed by atoms with E-state index in [1.807, 2.05) is 184 Å². The van der Waals surface area contributed by atoms with Gasteiger partial charge in [-0.05, 0) is 88.2 Å². The van der Waals surface area contributed by atoms with Gasteiger partial charge < -0.3 is 45.6 Å². The Morgan fingerprint density at radius 3 is 1.04 bits per heavy atom. The van der Waals surface area contributed by atoms with Crippen LogP contribution in [0.25, 0.3) is 67.5 Å². The summed E-state index contributed by atoms with van der Waals surface area (Å²) in [5.74, 6) is -12.6. The molecule has 9 rings (SSSR count). The number of aromatic nitrogens is 6. The van der Waals surface area contributed by atoms with E-state index in [0.29, 0.717) is 46.7 Å². The average Bonchev–Trinajstić information content (AvgIpc) is 0.758. The van der Waals surface area contributed by atoms with Gasteiger partial charge in [0.1, 0.15) is 11.9 Å². The summed E-state index contributed by atoms with van der Waals surface area (Å²) in [4.78, 5) is 27.2. The zero-order valence-electron chi connectivity index (χ0n) is 67.6. The van der Waals surface area contributed by atoms with Crippen LogP contribution in [0.1, 0.15) is 171 Å². The van der Waals surface area contributed by atoms with Crippen LogP contribution in [0, 0.1) is 77.7 Å². The number of halogens is 12. The molecule has 0 bridgehead atoms. The van der Waals surface area contributed by atoms with Gasteiger partial charge in [0, 0.05) is 121 Å². The molecule has 0 spiro atoms. The third kappa shape index (κ3) is 32.4. The van der Waals surface area contributed by atoms with E-state index < -0.39 is 78.2 Å². The Balaban J connectivity index is 0.000000691. The quantitative estimate of drug-likeness (QED) is 0.0420. The maximum Gasteiger partial charge on any atom is 0.459 e. The van der Waals surface area contributed by atoms with Crippen molar-refractivity contribution in [2.45, 2.75) is 224 Å². The molecule has 0 aliphatic heterocycles. The first kappa shape index (κ1) is 105. The molecule has 0 saturated heterocycles. The summed E-state index contributed by atoms with van der Waals surface area (Å²) in [5, 5.41) is 57.3. The number of hydrogen-bond donors (Lipinski definition) is 6. The van der Waals surface area contributed by atoms with Gasteiger partial charge in [-0.3, -0.25) is 19.3 Å². The molecule has 9 aromatic rings. The molecule has 6 aromatic carbocycles. The van der Waals surface area contributed by atoms with Gasteiger partial charge in [-0.2, -0.15) is 43.9 Å². The van der Waals surface area contributed by atoms with E-state index >= 15 is 0 Å². The fourth-order valence-electron chi connectivity index (χ4n) is 9.54. The Morgan fingerprint density at radius 1 is 0.360 bits per heavy atom. The van der Waals surface area contributed by atoms with Crippen molar-refractivity contribution in [1.29, 1.82) is 0 Å². The van der Waals surface area contributed by atoms with Crippen molar-refractivity contribution in [2.24, 2.45) is 27.1 Å². The zero-order chi connectivity index (χ0) is 84.4. The van der Waals surface area contributed by atoms with Crippen LogP contribution < -0.4 is 0 Å². The molecule has 6 unspecified atom stereocenters. The number of benzene rings is 6. The van der Waals surface area contributed by atoms with Crippen LogP contribution in [0.5, 0.6) is 0 Å². The van der Waals surface area contributed by atoms with Crippen molar-refractivity contribution >= 4 is 0 Å². The van der Waals surface area contributed by atoms with Gasteiger partial charge in [0.2, 0.25) is 0 Å². The van der Waals surface area contributed by atoms with Crippen LogP contribution in [-0.2, 0) is 66.5 Å². The first-order valence-electron chi connectivity index (χ1n) is 36.0. The number of rotatable bonds is 15. The molecule has 633 valence electrons. The number of aliphatic hydroxyl groups is 6. The van der Waals surface area contributed by atoms with Crippen LogP contribution in [0.3, 0.4) is 0 Å². The van der Waals surface area contributed by atoms with Crippen LogP contribution in [0.4, 0.5) is 52.7 Å². The fraction of sp³-hybridized carbons (Fsp3) is 0.448. The van der Waals surface area contributed by atoms with Crippen molar-refractivity contribution < 1.29 is 144 Å². The van der Waals surface area contributed by atoms with E-state index in [4.69, 9.17) is 5.11 Å². The second-order valence-corrected chi connectivity index (χ2v) is 32.8. The molecular weight excluding hydrogens is 2030 g/mol. The van der Waals surface area contributed by atoms with Gasteiger partial charge in [0.25, 0.3) is 0 Å². The van der Waals surface area contributed by atoms with Gasteiger partial charge >= 0.3 is 24.2 Å². The molecule has 6 atom stereocenters. The first-order valence-corrected chi connectivity index (χ1v) is 36.0. The molecule has 3 aromatic heterocycles. The number of hydrogen-bond acceptors (Lipinski definition) is 12. The van der Waals surface area contributed by atoms with Gasteiger partial charge in [-0.1, -0.05) is 190 Å². The first-order chi connectivity index (χ1) is 50.9. The molecule has 3 radical (unpaired) electrons. The van der Waals surface area contributed by atoms with E-state index in [1.165, 1.54) is 51.1 Å². The molecule has 0 aliphatic rings. The summed E-state index contributed by atoms with van der Waals surface area (Å²) in [7, 11) is 0. The monoisotopic (exact) mass is 2140 g/mol. The minimum atomic E-state index is -6.50. The van der Waals surface area contributed by atoms with Gasteiger partial charge in [-0.25, -0.2) is 4.39 Å². The number of aryl methyl sites for hydroxylation is 3.